The van der Waals surface area contributed by atoms with Gasteiger partial charge in [0, 0.05) is 0 Å². The third-order valence-corrected chi connectivity index (χ3v) is 1.40. The van der Waals surface area contributed by atoms with Gasteiger partial charge in [0.2, 0.25) is 0 Å². The molecule has 1 nitrogen and oxygen atoms in total. The monoisotopic (exact) mass is 166 g/mol. The van der Waals surface area contributed by atoms with Crippen molar-refractivity contribution in [2.45, 2.75) is 19.3 Å². The van der Waals surface area contributed by atoms with Gasteiger partial charge in [-0.1, -0.05) is 24.3 Å². The van der Waals surface area contributed by atoms with Gasteiger partial charge in [-0.2, -0.15) is 0 Å². The van der Waals surface area contributed by atoms with E-state index in [1.54, 1.807) is 6.08 Å². The molecule has 0 bridgehead atoms. The largest absolute Gasteiger partial charge is 0.373 e. The van der Waals surface area contributed by atoms with Crippen molar-refractivity contribution >= 4 is 0 Å². The van der Waals surface area contributed by atoms with E-state index in [-0.39, 0.29) is 0 Å². The fourth-order valence-electron chi connectivity index (χ4n) is 0.785. The summed E-state index contributed by atoms with van der Waals surface area (Å²) in [7, 11) is 0. The first-order chi connectivity index (χ1) is 5.91. The lowest BCUT2D eigenvalue weighted by molar-refractivity contribution is 0.194. The second-order valence-corrected chi connectivity index (χ2v) is 2.52. The van der Waals surface area contributed by atoms with E-state index in [1.807, 2.05) is 12.2 Å². The summed E-state index contributed by atoms with van der Waals surface area (Å²) in [6.07, 6.45) is 11.3. The Hall–Kier alpha value is -0.820. The van der Waals surface area contributed by atoms with Crippen LogP contribution < -0.4 is 0 Å². The first-order valence-corrected chi connectivity index (χ1v) is 4.36. The van der Waals surface area contributed by atoms with Crippen LogP contribution in [0.1, 0.15) is 19.3 Å². The molecule has 0 aromatic rings. The maximum Gasteiger partial charge on any atom is 0.0651 e. The second kappa shape index (κ2) is 10.2. The molecule has 0 saturated carbocycles. The minimum atomic E-state index is 0.636. The van der Waals surface area contributed by atoms with Crippen LogP contribution in [-0.2, 0) is 4.74 Å². The topological polar surface area (TPSA) is 9.23 Å². The molecule has 0 heterocycles. The van der Waals surface area contributed by atoms with E-state index in [0.29, 0.717) is 13.2 Å². The van der Waals surface area contributed by atoms with E-state index in [9.17, 15) is 0 Å². The second-order valence-electron chi connectivity index (χ2n) is 2.52. The number of hydrogen-bond acceptors (Lipinski definition) is 1. The Morgan fingerprint density at radius 1 is 0.917 bits per heavy atom. The third-order valence-electron chi connectivity index (χ3n) is 1.40. The minimum absolute atomic E-state index is 0.636. The Morgan fingerprint density at radius 3 is 2.42 bits per heavy atom. The number of hydrogen-bond donors (Lipinski definition) is 0. The molecule has 0 aromatic heterocycles. The molecule has 0 N–H and O–H groups in total. The van der Waals surface area contributed by atoms with Crippen LogP contribution >= 0.6 is 0 Å². The zero-order valence-corrected chi connectivity index (χ0v) is 7.67. The summed E-state index contributed by atoms with van der Waals surface area (Å²) >= 11 is 0. The average molecular weight is 166 g/mol. The SMILES string of the molecule is C=CCCC/C=C/COCC=C. The maximum absolute atomic E-state index is 5.16. The summed E-state index contributed by atoms with van der Waals surface area (Å²) in [6, 6.07) is 0. The van der Waals surface area contributed by atoms with Crippen molar-refractivity contribution in [1.82, 2.24) is 0 Å². The highest BCUT2D eigenvalue weighted by Gasteiger charge is 1.79. The lowest BCUT2D eigenvalue weighted by Crippen LogP contribution is -1.89. The minimum Gasteiger partial charge on any atom is -0.373 e. The molecule has 0 amide bonds. The first kappa shape index (κ1) is 11.2. The molecule has 12 heavy (non-hydrogen) atoms. The van der Waals surface area contributed by atoms with Crippen molar-refractivity contribution < 1.29 is 4.74 Å². The maximum atomic E-state index is 5.16. The Balaban J connectivity index is 3.02. The molecule has 68 valence electrons. The summed E-state index contributed by atoms with van der Waals surface area (Å²) in [6.45, 7) is 8.55. The zero-order chi connectivity index (χ0) is 9.07. The fraction of sp³-hybridized carbons (Fsp3) is 0.455. The molecule has 0 aliphatic heterocycles. The lowest BCUT2D eigenvalue weighted by Gasteiger charge is -1.93. The van der Waals surface area contributed by atoms with Gasteiger partial charge in [-0.05, 0) is 19.3 Å². The molecule has 0 unspecified atom stereocenters. The van der Waals surface area contributed by atoms with Crippen LogP contribution in [0, 0.1) is 0 Å². The molecule has 0 rings (SSSR count). The van der Waals surface area contributed by atoms with E-state index < -0.39 is 0 Å². The number of rotatable bonds is 8. The quantitative estimate of drug-likeness (QED) is 0.397. The summed E-state index contributed by atoms with van der Waals surface area (Å²) in [4.78, 5) is 0. The van der Waals surface area contributed by atoms with Crippen LogP contribution in [0.2, 0.25) is 0 Å². The normalized spacial score (nSPS) is 10.3. The molecule has 0 atom stereocenters. The van der Waals surface area contributed by atoms with Crippen molar-refractivity contribution in [3.05, 3.63) is 37.5 Å². The van der Waals surface area contributed by atoms with Gasteiger partial charge < -0.3 is 4.74 Å². The van der Waals surface area contributed by atoms with Gasteiger partial charge in [-0.15, -0.1) is 13.2 Å². The van der Waals surface area contributed by atoms with E-state index in [2.05, 4.69) is 19.2 Å². The van der Waals surface area contributed by atoms with E-state index in [1.165, 1.54) is 6.42 Å². The van der Waals surface area contributed by atoms with Crippen molar-refractivity contribution in [3.63, 3.8) is 0 Å². The number of allylic oxidation sites excluding steroid dienone is 2. The standard InChI is InChI=1S/C11H18O/c1-3-5-6-7-8-9-11-12-10-4-2/h3-4,8-9H,1-2,5-7,10-11H2/b9-8+. The van der Waals surface area contributed by atoms with E-state index >= 15 is 0 Å². The highest BCUT2D eigenvalue weighted by molar-refractivity contribution is 4.82. The van der Waals surface area contributed by atoms with Crippen molar-refractivity contribution in [2.75, 3.05) is 13.2 Å². The van der Waals surface area contributed by atoms with Crippen LogP contribution in [0.5, 0.6) is 0 Å². The van der Waals surface area contributed by atoms with Gasteiger partial charge in [0.1, 0.15) is 0 Å². The predicted octanol–water partition coefficient (Wildman–Crippen LogP) is 3.10. The number of unbranched alkanes of at least 4 members (excludes halogenated alkanes) is 2. The lowest BCUT2D eigenvalue weighted by atomic mass is 10.2. The highest BCUT2D eigenvalue weighted by Crippen LogP contribution is 1.96. The molecule has 0 aliphatic carbocycles. The molecule has 0 aliphatic rings. The van der Waals surface area contributed by atoms with Crippen LogP contribution in [0.15, 0.2) is 37.5 Å². The Kier molecular flexibility index (Phi) is 9.48. The molecule has 0 aromatic carbocycles. The van der Waals surface area contributed by atoms with Crippen molar-refractivity contribution in [1.29, 1.82) is 0 Å². The summed E-state index contributed by atoms with van der Waals surface area (Å²) in [5.41, 5.74) is 0. The Bertz CT molecular complexity index is 120. The summed E-state index contributed by atoms with van der Waals surface area (Å²) in [5, 5.41) is 0. The van der Waals surface area contributed by atoms with Crippen LogP contribution in [-0.4, -0.2) is 13.2 Å². The first-order valence-electron chi connectivity index (χ1n) is 4.36. The van der Waals surface area contributed by atoms with Crippen LogP contribution in [0.4, 0.5) is 0 Å². The zero-order valence-electron chi connectivity index (χ0n) is 7.67. The molecule has 0 spiro atoms. The van der Waals surface area contributed by atoms with Crippen LogP contribution in [0.25, 0.3) is 0 Å². The summed E-state index contributed by atoms with van der Waals surface area (Å²) in [5.74, 6) is 0. The van der Waals surface area contributed by atoms with Gasteiger partial charge in [0.25, 0.3) is 0 Å². The molecule has 0 saturated heterocycles. The summed E-state index contributed by atoms with van der Waals surface area (Å²) < 4.78 is 5.16. The molecule has 1 heteroatoms. The van der Waals surface area contributed by atoms with Gasteiger partial charge in [0.15, 0.2) is 0 Å². The smallest absolute Gasteiger partial charge is 0.0651 e. The molecular weight excluding hydrogens is 148 g/mol. The Morgan fingerprint density at radius 2 is 1.75 bits per heavy atom. The third kappa shape index (κ3) is 9.18. The number of ether oxygens (including phenoxy) is 1. The molecular formula is C11H18O. The molecule has 0 fully saturated rings. The van der Waals surface area contributed by atoms with Gasteiger partial charge in [-0.3, -0.25) is 0 Å². The molecule has 0 radical (unpaired) electrons. The predicted molar refractivity (Wildman–Crippen MR) is 54.2 cm³/mol. The van der Waals surface area contributed by atoms with E-state index in [0.717, 1.165) is 12.8 Å². The van der Waals surface area contributed by atoms with Gasteiger partial charge >= 0.3 is 0 Å². The highest BCUT2D eigenvalue weighted by atomic mass is 16.5. The Labute approximate surface area is 75.4 Å². The van der Waals surface area contributed by atoms with Crippen molar-refractivity contribution in [3.8, 4) is 0 Å². The van der Waals surface area contributed by atoms with Crippen LogP contribution in [0.3, 0.4) is 0 Å². The van der Waals surface area contributed by atoms with Gasteiger partial charge in [-0.25, -0.2) is 0 Å². The fourth-order valence-corrected chi connectivity index (χ4v) is 0.785. The van der Waals surface area contributed by atoms with E-state index in [4.69, 9.17) is 4.74 Å². The average Bonchev–Trinajstić information content (AvgIpc) is 2.10. The van der Waals surface area contributed by atoms with Gasteiger partial charge in [0.05, 0.1) is 13.2 Å². The van der Waals surface area contributed by atoms with Crippen molar-refractivity contribution in [2.24, 2.45) is 0 Å².